The molecule has 10 heteroatoms. The molecule has 0 bridgehead atoms. The van der Waals surface area contributed by atoms with Crippen LogP contribution in [-0.4, -0.2) is 63.4 Å². The van der Waals surface area contributed by atoms with Gasteiger partial charge >= 0.3 is 5.97 Å². The van der Waals surface area contributed by atoms with Crippen molar-refractivity contribution in [1.82, 2.24) is 15.4 Å². The Kier molecular flexibility index (Phi) is 6.52. The number of nitrogens with one attached hydrogen (secondary N) is 1. The van der Waals surface area contributed by atoms with E-state index in [0.29, 0.717) is 25.5 Å². The van der Waals surface area contributed by atoms with E-state index in [1.807, 2.05) is 4.90 Å². The van der Waals surface area contributed by atoms with E-state index >= 15 is 0 Å². The highest BCUT2D eigenvalue weighted by Crippen LogP contribution is 2.29. The number of aliphatic hydroxyl groups excluding tert-OH is 1. The first-order chi connectivity index (χ1) is 15.3. The fraction of sp³-hybridized carbons (Fsp3) is 0.500. The molecule has 0 unspecified atom stereocenters. The lowest BCUT2D eigenvalue weighted by atomic mass is 9.86. The van der Waals surface area contributed by atoms with E-state index in [4.69, 9.17) is 4.52 Å². The van der Waals surface area contributed by atoms with Gasteiger partial charge in [0.05, 0.1) is 17.6 Å². The van der Waals surface area contributed by atoms with Crippen molar-refractivity contribution in [3.05, 3.63) is 41.6 Å². The van der Waals surface area contributed by atoms with Crippen LogP contribution in [0.25, 0.3) is 11.3 Å². The molecule has 1 aliphatic carbocycles. The number of benzene rings is 1. The molecule has 8 nitrogen and oxygen atoms in total. The third-order valence-corrected chi connectivity index (χ3v) is 6.38. The molecule has 32 heavy (non-hydrogen) atoms. The van der Waals surface area contributed by atoms with E-state index < -0.39 is 41.6 Å². The number of aliphatic carboxylic acids is 1. The molecule has 172 valence electrons. The molecule has 1 saturated heterocycles. The highest BCUT2D eigenvalue weighted by molar-refractivity contribution is 5.93. The van der Waals surface area contributed by atoms with Gasteiger partial charge in [-0.2, -0.15) is 0 Å². The van der Waals surface area contributed by atoms with Crippen LogP contribution < -0.4 is 5.32 Å². The minimum Gasteiger partial charge on any atom is -0.481 e. The number of carboxylic acid groups (broad SMARTS) is 1. The van der Waals surface area contributed by atoms with Crippen molar-refractivity contribution in [3.8, 4) is 11.3 Å². The first-order valence-corrected chi connectivity index (χ1v) is 10.7. The molecule has 4 rings (SSSR count). The predicted octanol–water partition coefficient (Wildman–Crippen LogP) is 2.43. The molecule has 2 fully saturated rings. The summed E-state index contributed by atoms with van der Waals surface area (Å²) in [6.07, 6.45) is 3.44. The van der Waals surface area contributed by atoms with Gasteiger partial charge in [-0.15, -0.1) is 0 Å². The van der Waals surface area contributed by atoms with Gasteiger partial charge in [-0.05, 0) is 31.4 Å². The van der Waals surface area contributed by atoms with Crippen molar-refractivity contribution >= 4 is 11.9 Å². The van der Waals surface area contributed by atoms with Crippen molar-refractivity contribution < 1.29 is 33.1 Å². The van der Waals surface area contributed by atoms with E-state index in [1.54, 1.807) is 0 Å². The zero-order chi connectivity index (χ0) is 22.8. The van der Waals surface area contributed by atoms with Crippen LogP contribution in [0.4, 0.5) is 8.78 Å². The Balaban J connectivity index is 1.43. The number of rotatable bonds is 5. The Bertz CT molecular complexity index is 998. The Morgan fingerprint density at radius 1 is 1.16 bits per heavy atom. The lowest BCUT2D eigenvalue weighted by molar-refractivity contribution is -0.145. The zero-order valence-electron chi connectivity index (χ0n) is 17.3. The molecule has 0 spiro atoms. The summed E-state index contributed by atoms with van der Waals surface area (Å²) in [5, 5.41) is 26.4. The second kappa shape index (κ2) is 9.33. The average molecular weight is 449 g/mol. The van der Waals surface area contributed by atoms with Crippen LogP contribution in [-0.2, 0) is 4.79 Å². The maximum Gasteiger partial charge on any atom is 0.309 e. The summed E-state index contributed by atoms with van der Waals surface area (Å²) in [5.74, 6) is -4.14. The topological polar surface area (TPSA) is 116 Å². The van der Waals surface area contributed by atoms with Crippen molar-refractivity contribution in [1.29, 1.82) is 0 Å². The molecule has 4 atom stereocenters. The first kappa shape index (κ1) is 22.3. The maximum absolute atomic E-state index is 14.0. The first-order valence-electron chi connectivity index (χ1n) is 10.7. The van der Waals surface area contributed by atoms with Crippen LogP contribution in [0.15, 0.2) is 28.8 Å². The second-order valence-corrected chi connectivity index (χ2v) is 8.43. The number of amides is 1. The number of aromatic nitrogens is 1. The van der Waals surface area contributed by atoms with Crippen molar-refractivity contribution in [3.63, 3.8) is 0 Å². The molecular weight excluding hydrogens is 424 g/mol. The largest absolute Gasteiger partial charge is 0.481 e. The number of carboxylic acids is 1. The Morgan fingerprint density at radius 3 is 2.66 bits per heavy atom. The number of piperidine rings is 1. The van der Waals surface area contributed by atoms with Crippen molar-refractivity contribution in [2.24, 2.45) is 5.92 Å². The summed E-state index contributed by atoms with van der Waals surface area (Å²) in [6, 6.07) is 3.49. The van der Waals surface area contributed by atoms with Gasteiger partial charge in [-0.3, -0.25) is 14.5 Å². The number of likely N-dealkylation sites (tertiary alicyclic amines) is 1. The molecule has 1 aliphatic heterocycles. The number of carbonyl (C=O) groups is 2. The molecule has 2 heterocycles. The fourth-order valence-electron chi connectivity index (χ4n) is 4.66. The van der Waals surface area contributed by atoms with E-state index in [2.05, 4.69) is 10.5 Å². The van der Waals surface area contributed by atoms with Gasteiger partial charge < -0.3 is 20.1 Å². The molecule has 2 aliphatic rings. The normalized spacial score (nSPS) is 26.6. The molecular formula is C22H25F2N3O5. The van der Waals surface area contributed by atoms with Crippen LogP contribution in [0.3, 0.4) is 0 Å². The van der Waals surface area contributed by atoms with Gasteiger partial charge in [-0.1, -0.05) is 18.0 Å². The van der Waals surface area contributed by atoms with Gasteiger partial charge in [0.15, 0.2) is 11.5 Å². The van der Waals surface area contributed by atoms with Crippen LogP contribution >= 0.6 is 0 Å². The van der Waals surface area contributed by atoms with E-state index in [9.17, 15) is 28.6 Å². The molecule has 1 aromatic heterocycles. The SMILES string of the molecule is O=C(N[C@H]1CCN([C@@H]2CCCC[C@H]2O)C[C@@H]1C(=O)O)c1cc(-c2ccc(F)cc2F)on1. The Hall–Kier alpha value is -2.85. The molecule has 1 amide bonds. The van der Waals surface area contributed by atoms with Gasteiger partial charge in [0.2, 0.25) is 0 Å². The molecule has 3 N–H and O–H groups in total. The third-order valence-electron chi connectivity index (χ3n) is 6.38. The number of aliphatic hydroxyl groups is 1. The number of carbonyl (C=O) groups excluding carboxylic acids is 1. The quantitative estimate of drug-likeness (QED) is 0.642. The average Bonchev–Trinajstić information content (AvgIpc) is 3.24. The molecule has 0 radical (unpaired) electrons. The lowest BCUT2D eigenvalue weighted by Gasteiger charge is -2.43. The van der Waals surface area contributed by atoms with Crippen molar-refractivity contribution in [2.75, 3.05) is 13.1 Å². The maximum atomic E-state index is 14.0. The summed E-state index contributed by atoms with van der Waals surface area (Å²) in [5.41, 5.74) is -0.168. The van der Waals surface area contributed by atoms with E-state index in [0.717, 1.165) is 25.3 Å². The second-order valence-electron chi connectivity index (χ2n) is 8.43. The monoisotopic (exact) mass is 449 g/mol. The minimum atomic E-state index is -1.03. The van der Waals surface area contributed by atoms with E-state index in [1.165, 1.54) is 12.1 Å². The molecule has 1 saturated carbocycles. The summed E-state index contributed by atoms with van der Waals surface area (Å²) < 4.78 is 32.1. The number of nitrogens with zero attached hydrogens (tertiary/aromatic N) is 2. The van der Waals surface area contributed by atoms with Crippen molar-refractivity contribution in [2.45, 2.75) is 50.3 Å². The number of halogens is 2. The Labute approximate surface area is 183 Å². The summed E-state index contributed by atoms with van der Waals surface area (Å²) in [4.78, 5) is 26.6. The fourth-order valence-corrected chi connectivity index (χ4v) is 4.66. The smallest absolute Gasteiger partial charge is 0.309 e. The highest BCUT2D eigenvalue weighted by atomic mass is 19.1. The van der Waals surface area contributed by atoms with Crippen LogP contribution in [0.2, 0.25) is 0 Å². The Morgan fingerprint density at radius 2 is 1.94 bits per heavy atom. The predicted molar refractivity (Wildman–Crippen MR) is 109 cm³/mol. The van der Waals surface area contributed by atoms with Crippen LogP contribution in [0.1, 0.15) is 42.6 Å². The van der Waals surface area contributed by atoms with Gasteiger partial charge in [0, 0.05) is 37.3 Å². The highest BCUT2D eigenvalue weighted by Gasteiger charge is 2.40. The zero-order valence-corrected chi connectivity index (χ0v) is 17.3. The summed E-state index contributed by atoms with van der Waals surface area (Å²) in [7, 11) is 0. The number of hydrogen-bond donors (Lipinski definition) is 3. The lowest BCUT2D eigenvalue weighted by Crippen LogP contribution is -2.58. The van der Waals surface area contributed by atoms with Gasteiger partial charge in [0.25, 0.3) is 5.91 Å². The van der Waals surface area contributed by atoms with E-state index in [-0.39, 0.29) is 29.6 Å². The summed E-state index contributed by atoms with van der Waals surface area (Å²) in [6.45, 7) is 0.786. The third kappa shape index (κ3) is 4.66. The molecule has 2 aromatic rings. The molecule has 1 aromatic carbocycles. The van der Waals surface area contributed by atoms with Gasteiger partial charge in [-0.25, -0.2) is 8.78 Å². The van der Waals surface area contributed by atoms with Gasteiger partial charge in [0.1, 0.15) is 11.6 Å². The van der Waals surface area contributed by atoms with Crippen LogP contribution in [0, 0.1) is 17.6 Å². The summed E-state index contributed by atoms with van der Waals surface area (Å²) >= 11 is 0. The van der Waals surface area contributed by atoms with Crippen LogP contribution in [0.5, 0.6) is 0 Å². The minimum absolute atomic E-state index is 0.0384. The number of hydrogen-bond acceptors (Lipinski definition) is 6. The standard InChI is InChI=1S/C22H25F2N3O5/c23-12-5-6-13(15(24)9-12)20-10-17(26-32-20)21(29)25-16-7-8-27(11-14(16)22(30)31)18-3-1-2-4-19(18)28/h5-6,9-10,14,16,18-19,28H,1-4,7-8,11H2,(H,25,29)(H,30,31)/t14-,16-,18+,19+/m0/s1.